The molecule has 2 aliphatic rings. The number of carbonyl (C=O) groups excluding carboxylic acids is 1. The normalized spacial score (nSPS) is 26.4. The second-order valence-electron chi connectivity index (χ2n) is 9.65. The molecule has 1 aromatic carbocycles. The highest BCUT2D eigenvalue weighted by Gasteiger charge is 2.83. The minimum absolute atomic E-state index is 0.242. The number of nitrogens with zero attached hydrogens (tertiary/aromatic N) is 1. The fourth-order valence-electron chi connectivity index (χ4n) is 5.07. The summed E-state index contributed by atoms with van der Waals surface area (Å²) in [6.45, 7) is 0. The number of ether oxygens (including phenoxy) is 2. The average Bonchev–Trinajstić information content (AvgIpc) is 2.72. The third-order valence-electron chi connectivity index (χ3n) is 6.87. The van der Waals surface area contributed by atoms with E-state index in [9.17, 15) is 86.5 Å². The van der Waals surface area contributed by atoms with Crippen LogP contribution in [-0.4, -0.2) is 156 Å². The maximum Gasteiger partial charge on any atom is 0.453 e. The van der Waals surface area contributed by atoms with E-state index in [1.807, 2.05) is 0 Å². The number of ketones is 1. The molecule has 2 atom stereocenters. The summed E-state index contributed by atoms with van der Waals surface area (Å²) in [5.74, 6) is -38.0. The summed E-state index contributed by atoms with van der Waals surface area (Å²) in [6, 6.07) is 0.650. The van der Waals surface area contributed by atoms with E-state index < -0.39 is 98.5 Å². The molecule has 0 amide bonds. The summed E-state index contributed by atoms with van der Waals surface area (Å²) in [4.78, 5) is 12.1. The van der Waals surface area contributed by atoms with Gasteiger partial charge in [-0.2, -0.15) is 4.90 Å². The number of rotatable bonds is 7. The Morgan fingerprint density at radius 1 is 0.762 bits per heavy atom. The first-order valence-corrected chi connectivity index (χ1v) is 10.9. The molecule has 1 aromatic rings. The van der Waals surface area contributed by atoms with Crippen LogP contribution in [0.2, 0.25) is 0 Å². The predicted molar refractivity (Wildman–Crippen MR) is 113 cm³/mol. The summed E-state index contributed by atoms with van der Waals surface area (Å²) in [6.07, 6.45) is -5.91. The van der Waals surface area contributed by atoms with Crippen LogP contribution in [0.1, 0.15) is 17.5 Å². The van der Waals surface area contributed by atoms with Crippen LogP contribution >= 0.6 is 0 Å². The molecule has 19 N–H and O–H groups in total. The van der Waals surface area contributed by atoms with Crippen molar-refractivity contribution in [2.75, 3.05) is 7.11 Å². The lowest BCUT2D eigenvalue weighted by Crippen LogP contribution is -2.88. The number of benzene rings is 1. The molecule has 1 fully saturated rings. The highest BCUT2D eigenvalue weighted by atomic mass is 16.9. The number of Topliss-reactive ketones (excluding diaryl/α,β-unsaturated/α-hetero) is 1. The fraction of sp³-hybridized carbons (Fsp3) is 0.632. The number of fused-ring (bicyclic) bond motifs is 3. The lowest BCUT2D eigenvalue weighted by atomic mass is 9.68. The lowest BCUT2D eigenvalue weighted by Gasteiger charge is -2.63. The Morgan fingerprint density at radius 2 is 1.21 bits per heavy atom. The van der Waals surface area contributed by atoms with Crippen LogP contribution in [0.3, 0.4) is 0 Å². The molecule has 2 unspecified atom stereocenters. The van der Waals surface area contributed by atoms with Gasteiger partial charge in [0.2, 0.25) is 11.7 Å². The Hall–Kier alpha value is -2.31. The molecule has 2 heterocycles. The Labute approximate surface area is 229 Å². The number of hydrogen-bond acceptors (Lipinski definition) is 23. The minimum Gasteiger partial charge on any atom is -0.493 e. The van der Waals surface area contributed by atoms with E-state index in [1.165, 1.54) is 0 Å². The number of aliphatic hydroxyl groups is 19. The van der Waals surface area contributed by atoms with Crippen molar-refractivity contribution < 1.29 is 111 Å². The smallest absolute Gasteiger partial charge is 0.453 e. The van der Waals surface area contributed by atoms with Crippen molar-refractivity contribution in [1.82, 2.24) is 4.90 Å². The molecule has 0 aliphatic carbocycles. The summed E-state index contributed by atoms with van der Waals surface area (Å²) in [5.41, 5.74) is -11.7. The van der Waals surface area contributed by atoms with Crippen LogP contribution in [0.25, 0.3) is 0 Å². The standard InChI is InChI=1S/C19H27NO22/c1-41-8-2-5-6(3-9(8)42-19(38,39)40)12(23,24)16(30,31)20-11(5,22)4-7(21)10(14(20,27)28)13(25,26)15(29,17(32,33)34)18(35,36)37/h2-3,10,22-40H,4H2,1H3. The van der Waals surface area contributed by atoms with Gasteiger partial charge in [0, 0.05) is 11.1 Å². The minimum atomic E-state index is -5.46. The summed E-state index contributed by atoms with van der Waals surface area (Å²) in [7, 11) is 0.827. The van der Waals surface area contributed by atoms with Crippen molar-refractivity contribution in [3.63, 3.8) is 0 Å². The van der Waals surface area contributed by atoms with E-state index >= 15 is 0 Å². The molecule has 23 heteroatoms. The molecule has 0 saturated carbocycles. The molecule has 240 valence electrons. The van der Waals surface area contributed by atoms with E-state index in [0.29, 0.717) is 6.07 Å². The zero-order valence-electron chi connectivity index (χ0n) is 20.6. The maximum atomic E-state index is 13.1. The molecule has 1 saturated heterocycles. The summed E-state index contributed by atoms with van der Waals surface area (Å²) in [5, 5.41) is 191. The van der Waals surface area contributed by atoms with Crippen molar-refractivity contribution in [1.29, 1.82) is 0 Å². The monoisotopic (exact) mass is 621 g/mol. The van der Waals surface area contributed by atoms with Crippen LogP contribution in [0.5, 0.6) is 11.5 Å². The topological polar surface area (TPSA) is 423 Å². The number of carbonyl (C=O) groups is 1. The molecule has 0 spiro atoms. The van der Waals surface area contributed by atoms with Gasteiger partial charge in [0.1, 0.15) is 5.92 Å². The van der Waals surface area contributed by atoms with Gasteiger partial charge in [0.15, 0.2) is 23.0 Å². The van der Waals surface area contributed by atoms with E-state index in [2.05, 4.69) is 4.74 Å². The second kappa shape index (κ2) is 9.11. The molecular weight excluding hydrogens is 594 g/mol. The first-order valence-electron chi connectivity index (χ1n) is 10.9. The maximum absolute atomic E-state index is 13.1. The Balaban J connectivity index is 2.39. The highest BCUT2D eigenvalue weighted by molar-refractivity contribution is 5.85. The van der Waals surface area contributed by atoms with Gasteiger partial charge >= 0.3 is 18.1 Å². The Bertz CT molecular complexity index is 1240. The van der Waals surface area contributed by atoms with Crippen LogP contribution in [0.15, 0.2) is 12.1 Å². The van der Waals surface area contributed by atoms with Crippen molar-refractivity contribution in [3.05, 3.63) is 23.3 Å². The second-order valence-corrected chi connectivity index (χ2v) is 9.65. The van der Waals surface area contributed by atoms with Gasteiger partial charge in [-0.25, -0.2) is 0 Å². The van der Waals surface area contributed by atoms with E-state index in [-0.39, 0.29) is 6.07 Å². The van der Waals surface area contributed by atoms with Crippen LogP contribution in [0, 0.1) is 5.92 Å². The third kappa shape index (κ3) is 4.37. The summed E-state index contributed by atoms with van der Waals surface area (Å²) >= 11 is 0. The van der Waals surface area contributed by atoms with Gasteiger partial charge in [0.05, 0.1) is 13.5 Å². The molecular formula is C19H27NO22. The highest BCUT2D eigenvalue weighted by Crippen LogP contribution is 2.59. The zero-order chi connectivity index (χ0) is 33.1. The molecule has 42 heavy (non-hydrogen) atoms. The van der Waals surface area contributed by atoms with Gasteiger partial charge < -0.3 is 106 Å². The molecule has 0 radical (unpaired) electrons. The largest absolute Gasteiger partial charge is 0.493 e. The molecule has 0 bridgehead atoms. The first-order chi connectivity index (χ1) is 18.4. The van der Waals surface area contributed by atoms with Crippen molar-refractivity contribution in [2.45, 2.75) is 59.2 Å². The van der Waals surface area contributed by atoms with Gasteiger partial charge in [-0.3, -0.25) is 4.79 Å². The quantitative estimate of drug-likeness (QED) is 0.126. The summed E-state index contributed by atoms with van der Waals surface area (Å²) < 4.78 is 9.11. The Kier molecular flexibility index (Phi) is 7.41. The average molecular weight is 621 g/mol. The van der Waals surface area contributed by atoms with E-state index in [1.54, 1.807) is 0 Å². The van der Waals surface area contributed by atoms with Crippen LogP contribution < -0.4 is 9.47 Å². The molecule has 0 aromatic heterocycles. The van der Waals surface area contributed by atoms with E-state index in [0.717, 1.165) is 7.11 Å². The number of methoxy groups -OCH3 is 1. The molecule has 3 rings (SSSR count). The molecule has 23 nitrogen and oxygen atoms in total. The van der Waals surface area contributed by atoms with Gasteiger partial charge in [0.25, 0.3) is 17.3 Å². The lowest BCUT2D eigenvalue weighted by molar-refractivity contribution is -0.567. The fourth-order valence-corrected chi connectivity index (χ4v) is 5.07. The SMILES string of the molecule is COc1cc2c(cc1OC(O)(O)O)C(O)(O)C(O)(O)N1C2(O)CC(=O)C(C(O)(O)C(O)(C(O)(O)O)C(O)(O)O)C1(O)O. The van der Waals surface area contributed by atoms with Gasteiger partial charge in [-0.05, 0) is 12.1 Å². The predicted octanol–water partition coefficient (Wildman–Crippen LogP) is -11.2. The third-order valence-corrected chi connectivity index (χ3v) is 6.87. The van der Waals surface area contributed by atoms with Crippen molar-refractivity contribution >= 4 is 5.78 Å². The number of hydrogen-bond donors (Lipinski definition) is 19. The Morgan fingerprint density at radius 3 is 1.62 bits per heavy atom. The number of piperidine rings is 1. The van der Waals surface area contributed by atoms with Gasteiger partial charge in [-0.1, -0.05) is 0 Å². The van der Waals surface area contributed by atoms with Crippen molar-refractivity contribution in [2.24, 2.45) is 5.92 Å². The first kappa shape index (κ1) is 34.2. The van der Waals surface area contributed by atoms with E-state index in [4.69, 9.17) is 20.1 Å². The van der Waals surface area contributed by atoms with Crippen molar-refractivity contribution in [3.8, 4) is 11.5 Å². The van der Waals surface area contributed by atoms with Crippen LogP contribution in [-0.2, 0) is 16.3 Å². The zero-order valence-corrected chi connectivity index (χ0v) is 20.6. The van der Waals surface area contributed by atoms with Gasteiger partial charge in [-0.15, -0.1) is 0 Å². The molecule has 2 aliphatic heterocycles. The van der Waals surface area contributed by atoms with Crippen LogP contribution in [0.4, 0.5) is 0 Å².